The van der Waals surface area contributed by atoms with Crippen LogP contribution >= 0.6 is 22.9 Å². The molecule has 1 aliphatic rings. The Morgan fingerprint density at radius 2 is 2.00 bits per heavy atom. The Hall–Kier alpha value is 0.360. The van der Waals surface area contributed by atoms with E-state index in [-0.39, 0.29) is 0 Å². The Morgan fingerprint density at radius 3 is 2.40 bits per heavy atom. The molecule has 0 aliphatic heterocycles. The van der Waals surface area contributed by atoms with Crippen LogP contribution in [-0.2, 0) is 4.79 Å². The largest absolute Gasteiger partial charge is 0.300 e. The lowest BCUT2D eigenvalue weighted by Gasteiger charge is -2.25. The highest BCUT2D eigenvalue weighted by atomic mass is 127. The summed E-state index contributed by atoms with van der Waals surface area (Å²) in [4.78, 5) is 10.8. The van der Waals surface area contributed by atoms with Crippen molar-refractivity contribution in [1.82, 2.24) is 3.11 Å². The van der Waals surface area contributed by atoms with Crippen molar-refractivity contribution in [1.29, 1.82) is 0 Å². The van der Waals surface area contributed by atoms with E-state index in [2.05, 4.69) is 33.0 Å². The van der Waals surface area contributed by atoms with Crippen molar-refractivity contribution < 1.29 is 4.79 Å². The fourth-order valence-electron chi connectivity index (χ4n) is 1.28. The molecule has 10 heavy (non-hydrogen) atoms. The van der Waals surface area contributed by atoms with E-state index in [1.165, 1.54) is 0 Å². The van der Waals surface area contributed by atoms with Gasteiger partial charge < -0.3 is 0 Å². The molecule has 2 nitrogen and oxygen atoms in total. The number of ketones is 1. The molecular formula is C7H12INO. The maximum absolute atomic E-state index is 10.8. The minimum Gasteiger partial charge on any atom is -0.300 e. The smallest absolute Gasteiger partial charge is 0.133 e. The Labute approximate surface area is 75.5 Å². The zero-order chi connectivity index (χ0) is 7.56. The van der Waals surface area contributed by atoms with Crippen LogP contribution in [0.2, 0.25) is 0 Å². The highest BCUT2D eigenvalue weighted by molar-refractivity contribution is 14.1. The van der Waals surface area contributed by atoms with Gasteiger partial charge in [0.15, 0.2) is 0 Å². The lowest BCUT2D eigenvalue weighted by atomic mass is 9.95. The van der Waals surface area contributed by atoms with Crippen LogP contribution in [0.3, 0.4) is 0 Å². The second-order valence-electron chi connectivity index (χ2n) is 2.79. The molecule has 1 aliphatic carbocycles. The van der Waals surface area contributed by atoms with Gasteiger partial charge in [-0.3, -0.25) is 4.79 Å². The predicted octanol–water partition coefficient (Wildman–Crippen LogP) is 1.78. The molecule has 0 aromatic carbocycles. The molecule has 0 N–H and O–H groups in total. The molecule has 3 heteroatoms. The summed E-state index contributed by atoms with van der Waals surface area (Å²) < 4.78 is 2.18. The first-order chi connectivity index (χ1) is 4.70. The second kappa shape index (κ2) is 3.67. The van der Waals surface area contributed by atoms with Crippen LogP contribution in [0.25, 0.3) is 0 Å². The average Bonchev–Trinajstić information content (AvgIpc) is 1.88. The first-order valence-electron chi connectivity index (χ1n) is 3.60. The van der Waals surface area contributed by atoms with Crippen LogP contribution in [0, 0.1) is 0 Å². The SMILES string of the molecule is CN(I)C1CCC(=O)CC1. The Balaban J connectivity index is 2.33. The van der Waals surface area contributed by atoms with Gasteiger partial charge in [0.05, 0.1) is 0 Å². The summed E-state index contributed by atoms with van der Waals surface area (Å²) in [7, 11) is 2.07. The highest BCUT2D eigenvalue weighted by Gasteiger charge is 2.20. The Kier molecular flexibility index (Phi) is 3.10. The summed E-state index contributed by atoms with van der Waals surface area (Å²) in [5.74, 6) is 0.439. The zero-order valence-corrected chi connectivity index (χ0v) is 8.30. The van der Waals surface area contributed by atoms with Crippen molar-refractivity contribution in [3.63, 3.8) is 0 Å². The third-order valence-electron chi connectivity index (χ3n) is 2.02. The fourth-order valence-corrected chi connectivity index (χ4v) is 1.84. The van der Waals surface area contributed by atoms with Crippen LogP contribution < -0.4 is 0 Å². The molecule has 0 saturated heterocycles. The summed E-state index contributed by atoms with van der Waals surface area (Å²) in [5.41, 5.74) is 0. The molecule has 0 atom stereocenters. The van der Waals surface area contributed by atoms with Gasteiger partial charge in [-0.25, -0.2) is 3.11 Å². The zero-order valence-electron chi connectivity index (χ0n) is 6.14. The van der Waals surface area contributed by atoms with Crippen molar-refractivity contribution in [2.45, 2.75) is 31.7 Å². The van der Waals surface area contributed by atoms with E-state index in [4.69, 9.17) is 0 Å². The highest BCUT2D eigenvalue weighted by Crippen LogP contribution is 2.21. The van der Waals surface area contributed by atoms with Gasteiger partial charge in [-0.05, 0) is 19.9 Å². The van der Waals surface area contributed by atoms with Crippen molar-refractivity contribution in [2.24, 2.45) is 0 Å². The number of carbonyl (C=O) groups is 1. The molecule has 0 unspecified atom stereocenters. The molecular weight excluding hydrogens is 241 g/mol. The predicted molar refractivity (Wildman–Crippen MR) is 49.0 cm³/mol. The van der Waals surface area contributed by atoms with Gasteiger partial charge in [-0.15, -0.1) is 0 Å². The first kappa shape index (κ1) is 8.46. The number of hydrogen-bond acceptors (Lipinski definition) is 2. The lowest BCUT2D eigenvalue weighted by molar-refractivity contribution is -0.120. The molecule has 58 valence electrons. The van der Waals surface area contributed by atoms with Gasteiger partial charge in [0.1, 0.15) is 5.78 Å². The van der Waals surface area contributed by atoms with Crippen molar-refractivity contribution in [3.8, 4) is 0 Å². The minimum atomic E-state index is 0.439. The normalized spacial score (nSPS) is 22.1. The van der Waals surface area contributed by atoms with Crippen LogP contribution in [0.15, 0.2) is 0 Å². The van der Waals surface area contributed by atoms with Crippen LogP contribution in [0.4, 0.5) is 0 Å². The molecule has 0 radical (unpaired) electrons. The Bertz CT molecular complexity index is 126. The number of hydrogen-bond donors (Lipinski definition) is 0. The molecule has 0 bridgehead atoms. The molecule has 0 spiro atoms. The molecule has 0 heterocycles. The molecule has 1 rings (SSSR count). The molecule has 0 aromatic rings. The Morgan fingerprint density at radius 1 is 1.50 bits per heavy atom. The van der Waals surface area contributed by atoms with Crippen molar-refractivity contribution in [2.75, 3.05) is 7.05 Å². The van der Waals surface area contributed by atoms with E-state index in [1.54, 1.807) is 0 Å². The second-order valence-corrected chi connectivity index (χ2v) is 4.32. The monoisotopic (exact) mass is 253 g/mol. The van der Waals surface area contributed by atoms with Gasteiger partial charge in [-0.2, -0.15) is 0 Å². The van der Waals surface area contributed by atoms with Crippen molar-refractivity contribution in [3.05, 3.63) is 0 Å². The van der Waals surface area contributed by atoms with Gasteiger partial charge in [0.2, 0.25) is 0 Å². The summed E-state index contributed by atoms with van der Waals surface area (Å²) in [6.45, 7) is 0. The van der Waals surface area contributed by atoms with Crippen LogP contribution in [0.1, 0.15) is 25.7 Å². The number of rotatable bonds is 1. The van der Waals surface area contributed by atoms with E-state index in [1.807, 2.05) is 0 Å². The molecule has 1 saturated carbocycles. The maximum Gasteiger partial charge on any atom is 0.133 e. The summed E-state index contributed by atoms with van der Waals surface area (Å²) in [5, 5.41) is 0. The first-order valence-corrected chi connectivity index (χ1v) is 4.57. The number of halogens is 1. The molecule has 0 aromatic heterocycles. The third kappa shape index (κ3) is 2.20. The average molecular weight is 253 g/mol. The summed E-state index contributed by atoms with van der Waals surface area (Å²) in [6.07, 6.45) is 3.69. The molecule has 0 amide bonds. The summed E-state index contributed by atoms with van der Waals surface area (Å²) in [6, 6.07) is 0.637. The van der Waals surface area contributed by atoms with E-state index in [0.29, 0.717) is 11.8 Å². The van der Waals surface area contributed by atoms with E-state index >= 15 is 0 Å². The fraction of sp³-hybridized carbons (Fsp3) is 0.857. The summed E-state index contributed by atoms with van der Waals surface area (Å²) >= 11 is 2.29. The standard InChI is InChI=1S/C7H12INO/c1-9(8)6-2-4-7(10)5-3-6/h6H,2-5H2,1H3. The number of Topliss-reactive ketones (excluding diaryl/α,β-unsaturated/α-hetero) is 1. The van der Waals surface area contributed by atoms with Crippen LogP contribution in [-0.4, -0.2) is 22.0 Å². The van der Waals surface area contributed by atoms with Gasteiger partial charge in [-0.1, -0.05) is 0 Å². The van der Waals surface area contributed by atoms with Gasteiger partial charge in [0.25, 0.3) is 0 Å². The lowest BCUT2D eigenvalue weighted by Crippen LogP contribution is -2.28. The third-order valence-corrected chi connectivity index (χ3v) is 2.80. The maximum atomic E-state index is 10.8. The van der Waals surface area contributed by atoms with Crippen LogP contribution in [0.5, 0.6) is 0 Å². The van der Waals surface area contributed by atoms with E-state index in [0.717, 1.165) is 25.7 Å². The quantitative estimate of drug-likeness (QED) is 0.524. The number of nitrogens with zero attached hydrogens (tertiary/aromatic N) is 1. The van der Waals surface area contributed by atoms with E-state index in [9.17, 15) is 4.79 Å². The van der Waals surface area contributed by atoms with Gasteiger partial charge in [0, 0.05) is 41.7 Å². The van der Waals surface area contributed by atoms with E-state index < -0.39 is 0 Å². The molecule has 1 fully saturated rings. The number of carbonyl (C=O) groups excluding carboxylic acids is 1. The van der Waals surface area contributed by atoms with Gasteiger partial charge >= 0.3 is 0 Å². The minimum absolute atomic E-state index is 0.439. The van der Waals surface area contributed by atoms with Crippen molar-refractivity contribution >= 4 is 28.6 Å². The topological polar surface area (TPSA) is 20.3 Å².